The molecule has 1 atom stereocenters. The molecule has 0 aliphatic heterocycles. The predicted molar refractivity (Wildman–Crippen MR) is 93.8 cm³/mol. The van der Waals surface area contributed by atoms with Crippen molar-refractivity contribution in [1.29, 1.82) is 0 Å². The van der Waals surface area contributed by atoms with Crippen molar-refractivity contribution in [1.82, 2.24) is 25.4 Å². The van der Waals surface area contributed by atoms with Crippen LogP contribution in [0.2, 0.25) is 0 Å². The molecule has 2 aliphatic carbocycles. The fourth-order valence-corrected chi connectivity index (χ4v) is 3.57. The Balaban J connectivity index is 1.35. The van der Waals surface area contributed by atoms with E-state index < -0.39 is 6.04 Å². The van der Waals surface area contributed by atoms with E-state index in [-0.39, 0.29) is 11.8 Å². The number of aromatic nitrogens is 3. The minimum atomic E-state index is -0.500. The molecule has 2 fully saturated rings. The summed E-state index contributed by atoms with van der Waals surface area (Å²) in [6.45, 7) is 2.91. The third kappa shape index (κ3) is 5.28. The van der Waals surface area contributed by atoms with E-state index >= 15 is 0 Å². The van der Waals surface area contributed by atoms with Gasteiger partial charge in [-0.2, -0.15) is 0 Å². The van der Waals surface area contributed by atoms with Crippen molar-refractivity contribution in [3.05, 3.63) is 12.2 Å². The van der Waals surface area contributed by atoms with Crippen molar-refractivity contribution in [2.24, 2.45) is 5.92 Å². The Bertz CT molecular complexity index is 590. The smallest absolute Gasteiger partial charge is 0.242 e. The second kappa shape index (κ2) is 8.45. The van der Waals surface area contributed by atoms with E-state index in [0.717, 1.165) is 18.7 Å². The number of carbonyl (C=O) groups is 2. The van der Waals surface area contributed by atoms with Gasteiger partial charge in [-0.05, 0) is 38.5 Å². The molecule has 0 spiro atoms. The third-order valence-corrected chi connectivity index (χ3v) is 5.21. The standard InChI is InChI=1S/C18H29N5O2/c1-13(21-16(24)11-14-5-3-2-4-6-14)18(25)19-9-10-23-12-20-22-17(23)15-7-8-15/h12-15H,2-11H2,1H3,(H,19,25)(H,21,24). The molecule has 3 rings (SSSR count). The molecule has 0 bridgehead atoms. The number of rotatable bonds is 8. The molecule has 1 heterocycles. The number of hydrogen-bond donors (Lipinski definition) is 2. The Hall–Kier alpha value is -1.92. The van der Waals surface area contributed by atoms with Crippen LogP contribution < -0.4 is 10.6 Å². The van der Waals surface area contributed by atoms with Gasteiger partial charge in [0.1, 0.15) is 18.2 Å². The SMILES string of the molecule is CC(NC(=O)CC1CCCCC1)C(=O)NCCn1cnnc1C1CC1. The first-order valence-corrected chi connectivity index (χ1v) is 9.58. The highest BCUT2D eigenvalue weighted by molar-refractivity contribution is 5.87. The van der Waals surface area contributed by atoms with Gasteiger partial charge in [-0.1, -0.05) is 19.3 Å². The van der Waals surface area contributed by atoms with E-state index in [4.69, 9.17) is 0 Å². The summed E-state index contributed by atoms with van der Waals surface area (Å²) in [5.41, 5.74) is 0. The van der Waals surface area contributed by atoms with E-state index in [1.54, 1.807) is 13.3 Å². The van der Waals surface area contributed by atoms with Crippen molar-refractivity contribution in [2.75, 3.05) is 6.54 Å². The first-order chi connectivity index (χ1) is 12.1. The second-order valence-corrected chi connectivity index (χ2v) is 7.45. The maximum Gasteiger partial charge on any atom is 0.242 e. The fraction of sp³-hybridized carbons (Fsp3) is 0.778. The first-order valence-electron chi connectivity index (χ1n) is 9.58. The van der Waals surface area contributed by atoms with Crippen molar-refractivity contribution < 1.29 is 9.59 Å². The number of hydrogen-bond acceptors (Lipinski definition) is 4. The van der Waals surface area contributed by atoms with E-state index in [2.05, 4.69) is 20.8 Å². The monoisotopic (exact) mass is 347 g/mol. The van der Waals surface area contributed by atoms with Crippen LogP contribution in [0.4, 0.5) is 0 Å². The van der Waals surface area contributed by atoms with Crippen LogP contribution in [-0.4, -0.2) is 39.2 Å². The lowest BCUT2D eigenvalue weighted by Crippen LogP contribution is -2.45. The second-order valence-electron chi connectivity index (χ2n) is 7.45. The van der Waals surface area contributed by atoms with Gasteiger partial charge < -0.3 is 15.2 Å². The molecule has 1 aromatic rings. The number of nitrogens with zero attached hydrogens (tertiary/aromatic N) is 3. The summed E-state index contributed by atoms with van der Waals surface area (Å²) in [6.07, 6.45) is 10.6. The molecular weight excluding hydrogens is 318 g/mol. The van der Waals surface area contributed by atoms with Gasteiger partial charge in [-0.3, -0.25) is 9.59 Å². The van der Waals surface area contributed by atoms with Gasteiger partial charge >= 0.3 is 0 Å². The number of carbonyl (C=O) groups excluding carboxylic acids is 2. The van der Waals surface area contributed by atoms with Crippen molar-refractivity contribution in [3.8, 4) is 0 Å². The molecule has 2 saturated carbocycles. The lowest BCUT2D eigenvalue weighted by atomic mass is 9.87. The van der Waals surface area contributed by atoms with E-state index in [9.17, 15) is 9.59 Å². The van der Waals surface area contributed by atoms with E-state index in [1.807, 2.05) is 4.57 Å². The van der Waals surface area contributed by atoms with Crippen LogP contribution in [0.15, 0.2) is 6.33 Å². The molecular formula is C18H29N5O2. The molecule has 1 aromatic heterocycles. The van der Waals surface area contributed by atoms with Gasteiger partial charge in [0.2, 0.25) is 11.8 Å². The highest BCUT2D eigenvalue weighted by Gasteiger charge is 2.28. The Morgan fingerprint density at radius 2 is 2.00 bits per heavy atom. The summed E-state index contributed by atoms with van der Waals surface area (Å²) in [5, 5.41) is 13.8. The van der Waals surface area contributed by atoms with Gasteiger partial charge in [0.15, 0.2) is 0 Å². The Kier molecular flexibility index (Phi) is 6.04. The van der Waals surface area contributed by atoms with Gasteiger partial charge in [0.05, 0.1) is 0 Å². The summed E-state index contributed by atoms with van der Waals surface area (Å²) >= 11 is 0. The highest BCUT2D eigenvalue weighted by atomic mass is 16.2. The van der Waals surface area contributed by atoms with Crippen LogP contribution in [0.3, 0.4) is 0 Å². The molecule has 7 heteroatoms. The average Bonchev–Trinajstić information content (AvgIpc) is 3.34. The summed E-state index contributed by atoms with van der Waals surface area (Å²) in [4.78, 5) is 24.3. The summed E-state index contributed by atoms with van der Waals surface area (Å²) in [5.74, 6) is 1.89. The Labute approximate surface area is 149 Å². The van der Waals surface area contributed by atoms with Gasteiger partial charge in [0.25, 0.3) is 0 Å². The fourth-order valence-electron chi connectivity index (χ4n) is 3.57. The summed E-state index contributed by atoms with van der Waals surface area (Å²) < 4.78 is 2.00. The van der Waals surface area contributed by atoms with E-state index in [1.165, 1.54) is 32.1 Å². The molecule has 0 aromatic carbocycles. The maximum atomic E-state index is 12.2. The predicted octanol–water partition coefficient (Wildman–Crippen LogP) is 1.75. The zero-order valence-corrected chi connectivity index (χ0v) is 15.0. The Morgan fingerprint density at radius 1 is 1.24 bits per heavy atom. The minimum absolute atomic E-state index is 0.00983. The zero-order chi connectivity index (χ0) is 17.6. The molecule has 2 aliphatic rings. The van der Waals surface area contributed by atoms with Crippen LogP contribution >= 0.6 is 0 Å². The largest absolute Gasteiger partial charge is 0.353 e. The Morgan fingerprint density at radius 3 is 2.72 bits per heavy atom. The molecule has 1 unspecified atom stereocenters. The summed E-state index contributed by atoms with van der Waals surface area (Å²) in [6, 6.07) is -0.500. The van der Waals surface area contributed by atoms with Gasteiger partial charge in [0, 0.05) is 25.4 Å². The molecule has 25 heavy (non-hydrogen) atoms. The lowest BCUT2D eigenvalue weighted by molar-refractivity contribution is -0.129. The average molecular weight is 347 g/mol. The number of amides is 2. The maximum absolute atomic E-state index is 12.2. The van der Waals surface area contributed by atoms with Crippen molar-refractivity contribution in [3.63, 3.8) is 0 Å². The third-order valence-electron chi connectivity index (χ3n) is 5.21. The molecule has 2 N–H and O–H groups in total. The first kappa shape index (κ1) is 17.9. The number of nitrogens with one attached hydrogen (secondary N) is 2. The minimum Gasteiger partial charge on any atom is -0.353 e. The molecule has 138 valence electrons. The normalized spacial score (nSPS) is 19.4. The molecule has 7 nitrogen and oxygen atoms in total. The van der Waals surface area contributed by atoms with Crippen LogP contribution in [0.1, 0.15) is 70.0 Å². The van der Waals surface area contributed by atoms with Crippen LogP contribution in [0.25, 0.3) is 0 Å². The topological polar surface area (TPSA) is 88.9 Å². The zero-order valence-electron chi connectivity index (χ0n) is 15.0. The molecule has 0 saturated heterocycles. The van der Waals surface area contributed by atoms with Crippen LogP contribution in [-0.2, 0) is 16.1 Å². The van der Waals surface area contributed by atoms with Crippen molar-refractivity contribution in [2.45, 2.75) is 76.8 Å². The van der Waals surface area contributed by atoms with Crippen LogP contribution in [0.5, 0.6) is 0 Å². The summed E-state index contributed by atoms with van der Waals surface area (Å²) in [7, 11) is 0. The van der Waals surface area contributed by atoms with Gasteiger partial charge in [-0.25, -0.2) is 0 Å². The lowest BCUT2D eigenvalue weighted by Gasteiger charge is -2.22. The van der Waals surface area contributed by atoms with Crippen molar-refractivity contribution >= 4 is 11.8 Å². The van der Waals surface area contributed by atoms with E-state index in [0.29, 0.717) is 31.3 Å². The quantitative estimate of drug-likeness (QED) is 0.750. The highest BCUT2D eigenvalue weighted by Crippen LogP contribution is 2.38. The molecule has 0 radical (unpaired) electrons. The molecule has 2 amide bonds. The van der Waals surface area contributed by atoms with Crippen LogP contribution in [0, 0.1) is 5.92 Å². The van der Waals surface area contributed by atoms with Gasteiger partial charge in [-0.15, -0.1) is 10.2 Å².